The first-order valence-corrected chi connectivity index (χ1v) is 7.62. The maximum absolute atomic E-state index is 11.1. The summed E-state index contributed by atoms with van der Waals surface area (Å²) in [5.74, 6) is 0.196. The fraction of sp³-hybridized carbons (Fsp3) is 0.824. The Hall–Kier alpha value is -0.830. The molecular formula is C17H30O3. The average molecular weight is 282 g/mol. The van der Waals surface area contributed by atoms with Crippen molar-refractivity contribution in [1.29, 1.82) is 0 Å². The van der Waals surface area contributed by atoms with E-state index in [0.29, 0.717) is 11.3 Å². The Morgan fingerprint density at radius 3 is 2.70 bits per heavy atom. The van der Waals surface area contributed by atoms with Gasteiger partial charge in [-0.1, -0.05) is 26.8 Å². The van der Waals surface area contributed by atoms with E-state index in [-0.39, 0.29) is 12.7 Å². The molecular weight excluding hydrogens is 252 g/mol. The first-order chi connectivity index (χ1) is 9.15. The van der Waals surface area contributed by atoms with Crippen LogP contribution >= 0.6 is 0 Å². The van der Waals surface area contributed by atoms with Crippen LogP contribution in [0.5, 0.6) is 0 Å². The second-order valence-electron chi connectivity index (χ2n) is 7.42. The number of ether oxygens (including phenoxy) is 2. The van der Waals surface area contributed by atoms with Crippen LogP contribution in [-0.2, 0) is 14.3 Å². The highest BCUT2D eigenvalue weighted by Gasteiger charge is 2.34. The summed E-state index contributed by atoms with van der Waals surface area (Å²) in [6, 6.07) is 0. The van der Waals surface area contributed by atoms with Crippen LogP contribution in [-0.4, -0.2) is 24.3 Å². The summed E-state index contributed by atoms with van der Waals surface area (Å²) in [7, 11) is 0. The van der Waals surface area contributed by atoms with Crippen LogP contribution in [0.15, 0.2) is 12.7 Å². The number of esters is 1. The lowest BCUT2D eigenvalue weighted by molar-refractivity contribution is -0.157. The number of rotatable bonds is 6. The molecule has 1 fully saturated rings. The minimum Gasteiger partial charge on any atom is -0.459 e. The summed E-state index contributed by atoms with van der Waals surface area (Å²) in [4.78, 5) is 11.1. The van der Waals surface area contributed by atoms with E-state index in [1.54, 1.807) is 0 Å². The summed E-state index contributed by atoms with van der Waals surface area (Å²) in [5.41, 5.74) is -0.0420. The van der Waals surface area contributed by atoms with Crippen molar-refractivity contribution in [2.45, 2.75) is 72.0 Å². The van der Waals surface area contributed by atoms with E-state index >= 15 is 0 Å². The van der Waals surface area contributed by atoms with Crippen molar-refractivity contribution in [3.63, 3.8) is 0 Å². The molecule has 0 spiro atoms. The molecule has 1 saturated carbocycles. The van der Waals surface area contributed by atoms with E-state index in [2.05, 4.69) is 27.4 Å². The SMILES string of the molecule is C=CC(=O)OCC(C)(C)OC(C)C1CCCC(C)(C)C1. The summed E-state index contributed by atoms with van der Waals surface area (Å²) in [5, 5.41) is 0. The zero-order valence-corrected chi connectivity index (χ0v) is 13.7. The largest absolute Gasteiger partial charge is 0.459 e. The van der Waals surface area contributed by atoms with E-state index in [9.17, 15) is 4.79 Å². The fourth-order valence-electron chi connectivity index (χ4n) is 3.09. The molecule has 2 unspecified atom stereocenters. The lowest BCUT2D eigenvalue weighted by Gasteiger charge is -2.40. The molecule has 0 aromatic rings. The zero-order chi connectivity index (χ0) is 15.4. The van der Waals surface area contributed by atoms with Crippen LogP contribution < -0.4 is 0 Å². The summed E-state index contributed by atoms with van der Waals surface area (Å²) in [6.07, 6.45) is 6.38. The minimum absolute atomic E-state index is 0.187. The van der Waals surface area contributed by atoms with Crippen LogP contribution in [0.1, 0.15) is 60.3 Å². The number of carbonyl (C=O) groups is 1. The van der Waals surface area contributed by atoms with E-state index in [0.717, 1.165) is 0 Å². The third kappa shape index (κ3) is 5.66. The molecule has 0 aliphatic heterocycles. The molecule has 0 radical (unpaired) electrons. The van der Waals surface area contributed by atoms with Gasteiger partial charge in [0, 0.05) is 6.08 Å². The standard InChI is InChI=1S/C17H30O3/c1-7-15(18)19-12-17(5,6)20-13(2)14-9-8-10-16(3,4)11-14/h7,13-14H,1,8-12H2,2-6H3. The van der Waals surface area contributed by atoms with E-state index in [1.165, 1.54) is 31.8 Å². The molecule has 3 heteroatoms. The van der Waals surface area contributed by atoms with Gasteiger partial charge in [-0.25, -0.2) is 4.79 Å². The van der Waals surface area contributed by atoms with Crippen molar-refractivity contribution in [1.82, 2.24) is 0 Å². The molecule has 3 nitrogen and oxygen atoms in total. The fourth-order valence-corrected chi connectivity index (χ4v) is 3.09. The highest BCUT2D eigenvalue weighted by atomic mass is 16.6. The number of hydrogen-bond donors (Lipinski definition) is 0. The van der Waals surface area contributed by atoms with Crippen molar-refractivity contribution in [2.75, 3.05) is 6.61 Å². The highest BCUT2D eigenvalue weighted by molar-refractivity contribution is 5.81. The molecule has 20 heavy (non-hydrogen) atoms. The van der Waals surface area contributed by atoms with Gasteiger partial charge in [-0.05, 0) is 51.4 Å². The molecule has 1 aliphatic carbocycles. The van der Waals surface area contributed by atoms with Crippen molar-refractivity contribution in [2.24, 2.45) is 11.3 Å². The predicted octanol–water partition coefficient (Wildman–Crippen LogP) is 4.12. The quantitative estimate of drug-likeness (QED) is 0.543. The minimum atomic E-state index is -0.459. The van der Waals surface area contributed by atoms with Gasteiger partial charge in [0.05, 0.1) is 11.7 Å². The third-order valence-corrected chi connectivity index (χ3v) is 4.14. The van der Waals surface area contributed by atoms with Gasteiger partial charge in [-0.3, -0.25) is 0 Å². The first-order valence-electron chi connectivity index (χ1n) is 7.62. The van der Waals surface area contributed by atoms with Gasteiger partial charge in [-0.2, -0.15) is 0 Å². The number of hydrogen-bond acceptors (Lipinski definition) is 3. The summed E-state index contributed by atoms with van der Waals surface area (Å²) < 4.78 is 11.3. The molecule has 0 amide bonds. The van der Waals surface area contributed by atoms with Crippen molar-refractivity contribution >= 4 is 5.97 Å². The lowest BCUT2D eigenvalue weighted by Crippen LogP contribution is -2.39. The first kappa shape index (κ1) is 17.2. The average Bonchev–Trinajstić information content (AvgIpc) is 2.34. The van der Waals surface area contributed by atoms with Crippen molar-refractivity contribution in [3.8, 4) is 0 Å². The molecule has 0 N–H and O–H groups in total. The van der Waals surface area contributed by atoms with Crippen LogP contribution in [0.25, 0.3) is 0 Å². The predicted molar refractivity (Wildman–Crippen MR) is 81.5 cm³/mol. The van der Waals surface area contributed by atoms with E-state index < -0.39 is 11.6 Å². The maximum atomic E-state index is 11.1. The normalized spacial score (nSPS) is 23.9. The van der Waals surface area contributed by atoms with Crippen LogP contribution in [0.4, 0.5) is 0 Å². The Balaban J connectivity index is 2.49. The van der Waals surface area contributed by atoms with E-state index in [1.807, 2.05) is 13.8 Å². The molecule has 116 valence electrons. The maximum Gasteiger partial charge on any atom is 0.330 e. The molecule has 0 saturated heterocycles. The zero-order valence-electron chi connectivity index (χ0n) is 13.7. The van der Waals surface area contributed by atoms with E-state index in [4.69, 9.17) is 9.47 Å². The monoisotopic (exact) mass is 282 g/mol. The molecule has 0 aromatic carbocycles. The van der Waals surface area contributed by atoms with Gasteiger partial charge >= 0.3 is 5.97 Å². The molecule has 0 heterocycles. The molecule has 0 aromatic heterocycles. The number of carbonyl (C=O) groups excluding carboxylic acids is 1. The van der Waals surface area contributed by atoms with Gasteiger partial charge in [0.1, 0.15) is 6.61 Å². The van der Waals surface area contributed by atoms with Crippen LogP contribution in [0.3, 0.4) is 0 Å². The van der Waals surface area contributed by atoms with Crippen molar-refractivity contribution < 1.29 is 14.3 Å². The topological polar surface area (TPSA) is 35.5 Å². The lowest BCUT2D eigenvalue weighted by atomic mass is 9.71. The Labute approximate surface area is 123 Å². The Bertz CT molecular complexity index is 344. The van der Waals surface area contributed by atoms with Crippen LogP contribution in [0.2, 0.25) is 0 Å². The molecule has 1 aliphatic rings. The molecule has 1 rings (SSSR count). The van der Waals surface area contributed by atoms with Gasteiger partial charge in [0.25, 0.3) is 0 Å². The van der Waals surface area contributed by atoms with Gasteiger partial charge in [0.15, 0.2) is 0 Å². The molecule has 0 bridgehead atoms. The highest BCUT2D eigenvalue weighted by Crippen LogP contribution is 2.41. The van der Waals surface area contributed by atoms with Gasteiger partial charge in [0.2, 0.25) is 0 Å². The van der Waals surface area contributed by atoms with Gasteiger partial charge < -0.3 is 9.47 Å². The molecule has 2 atom stereocenters. The Morgan fingerprint density at radius 2 is 2.15 bits per heavy atom. The Morgan fingerprint density at radius 1 is 1.50 bits per heavy atom. The summed E-state index contributed by atoms with van der Waals surface area (Å²) >= 11 is 0. The second kappa shape index (κ2) is 6.75. The smallest absolute Gasteiger partial charge is 0.330 e. The summed E-state index contributed by atoms with van der Waals surface area (Å²) in [6.45, 7) is 14.4. The van der Waals surface area contributed by atoms with Crippen molar-refractivity contribution in [3.05, 3.63) is 12.7 Å². The second-order valence-corrected chi connectivity index (χ2v) is 7.42. The Kier molecular flexibility index (Phi) is 5.81. The third-order valence-electron chi connectivity index (χ3n) is 4.14. The van der Waals surface area contributed by atoms with Crippen LogP contribution in [0, 0.1) is 11.3 Å². The van der Waals surface area contributed by atoms with Gasteiger partial charge in [-0.15, -0.1) is 0 Å².